The Morgan fingerprint density at radius 1 is 1.33 bits per heavy atom. The van der Waals surface area contributed by atoms with E-state index in [9.17, 15) is 4.79 Å². The number of nitrogens with zero attached hydrogens (tertiary/aromatic N) is 3. The Bertz CT molecular complexity index is 641. The first kappa shape index (κ1) is 15.5. The highest BCUT2D eigenvalue weighted by molar-refractivity contribution is 7.98. The van der Waals surface area contributed by atoms with Crippen LogP contribution in [0.4, 0.5) is 0 Å². The minimum Gasteiger partial charge on any atom is -0.302 e. The molecule has 0 bridgehead atoms. The molecule has 6 nitrogen and oxygen atoms in total. The zero-order valence-corrected chi connectivity index (χ0v) is 13.3. The Labute approximate surface area is 132 Å². The van der Waals surface area contributed by atoms with E-state index in [-0.39, 0.29) is 17.4 Å². The van der Waals surface area contributed by atoms with Gasteiger partial charge >= 0.3 is 0 Å². The molecule has 0 atom stereocenters. The summed E-state index contributed by atoms with van der Waals surface area (Å²) in [5.74, 6) is 0.495. The summed E-state index contributed by atoms with van der Waals surface area (Å²) < 4.78 is 1.63. The molecule has 1 aromatic carbocycles. The van der Waals surface area contributed by atoms with Crippen molar-refractivity contribution in [2.24, 2.45) is 0 Å². The number of hydrogen-bond donors (Lipinski definition) is 2. The van der Waals surface area contributed by atoms with E-state index in [4.69, 9.17) is 12.2 Å². The molecule has 0 radical (unpaired) electrons. The van der Waals surface area contributed by atoms with Crippen LogP contribution in [0, 0.1) is 6.92 Å². The van der Waals surface area contributed by atoms with E-state index in [1.807, 2.05) is 36.6 Å². The van der Waals surface area contributed by atoms with Gasteiger partial charge in [0.15, 0.2) is 5.11 Å². The molecule has 1 heterocycles. The van der Waals surface area contributed by atoms with Gasteiger partial charge < -0.3 is 5.32 Å². The van der Waals surface area contributed by atoms with Gasteiger partial charge in [0.1, 0.15) is 5.82 Å². The van der Waals surface area contributed by atoms with Gasteiger partial charge in [-0.15, -0.1) is 10.2 Å². The lowest BCUT2D eigenvalue weighted by Gasteiger charge is -2.12. The number of rotatable bonds is 4. The number of benzene rings is 1. The second-order valence-electron chi connectivity index (χ2n) is 4.22. The predicted octanol–water partition coefficient (Wildman–Crippen LogP) is 1.50. The molecule has 8 heteroatoms. The molecule has 2 N–H and O–H groups in total. The summed E-state index contributed by atoms with van der Waals surface area (Å²) in [7, 11) is 0. The lowest BCUT2D eigenvalue weighted by atomic mass is 10.1. The van der Waals surface area contributed by atoms with Crippen molar-refractivity contribution in [3.05, 3.63) is 41.7 Å². The zero-order valence-electron chi connectivity index (χ0n) is 11.7. The molecule has 21 heavy (non-hydrogen) atoms. The van der Waals surface area contributed by atoms with Crippen molar-refractivity contribution in [3.8, 4) is 0 Å². The normalized spacial score (nSPS) is 10.2. The Morgan fingerprint density at radius 3 is 2.71 bits per heavy atom. The number of hydrogen-bond acceptors (Lipinski definition) is 5. The average molecular weight is 321 g/mol. The topological polar surface area (TPSA) is 71.8 Å². The van der Waals surface area contributed by atoms with Gasteiger partial charge in [0.2, 0.25) is 11.1 Å². The van der Waals surface area contributed by atoms with E-state index < -0.39 is 0 Å². The number of nitrogens with one attached hydrogen (secondary N) is 2. The Morgan fingerprint density at radius 2 is 2.05 bits per heavy atom. The third kappa shape index (κ3) is 4.27. The molecule has 2 rings (SSSR count). The number of amides is 1. The number of aromatic nitrogens is 3. The summed E-state index contributed by atoms with van der Waals surface area (Å²) in [6.45, 7) is 1.80. The van der Waals surface area contributed by atoms with Crippen LogP contribution in [0.5, 0.6) is 0 Å². The van der Waals surface area contributed by atoms with Crippen molar-refractivity contribution in [2.45, 2.75) is 18.5 Å². The fraction of sp³-hybridized carbons (Fsp3) is 0.231. The number of thioether (sulfide) groups is 1. The van der Waals surface area contributed by atoms with Crippen LogP contribution in [0.15, 0.2) is 35.5 Å². The van der Waals surface area contributed by atoms with Crippen LogP contribution in [0.2, 0.25) is 0 Å². The van der Waals surface area contributed by atoms with Crippen molar-refractivity contribution < 1.29 is 4.79 Å². The Balaban J connectivity index is 1.92. The van der Waals surface area contributed by atoms with E-state index in [1.54, 1.807) is 11.6 Å². The molecule has 1 aromatic heterocycles. The molecule has 0 saturated carbocycles. The molecule has 0 unspecified atom stereocenters. The monoisotopic (exact) mass is 321 g/mol. The summed E-state index contributed by atoms with van der Waals surface area (Å²) in [5, 5.41) is 11.5. The van der Waals surface area contributed by atoms with Gasteiger partial charge in [0.25, 0.3) is 0 Å². The number of thiocarbonyl (C=S) groups is 1. The molecular weight excluding hydrogens is 306 g/mol. The minimum absolute atomic E-state index is 0.171. The van der Waals surface area contributed by atoms with Crippen LogP contribution < -0.4 is 10.7 Å². The van der Waals surface area contributed by atoms with E-state index >= 15 is 0 Å². The first-order valence-electron chi connectivity index (χ1n) is 6.21. The molecule has 0 fully saturated rings. The summed E-state index contributed by atoms with van der Waals surface area (Å²) in [4.78, 5) is 11.9. The molecule has 1 amide bonds. The third-order valence-corrected chi connectivity index (χ3v) is 3.47. The van der Waals surface area contributed by atoms with Gasteiger partial charge in [0.05, 0.1) is 6.42 Å². The summed E-state index contributed by atoms with van der Waals surface area (Å²) in [6.07, 6.45) is 2.16. The van der Waals surface area contributed by atoms with E-state index in [2.05, 4.69) is 20.9 Å². The summed E-state index contributed by atoms with van der Waals surface area (Å²) in [5.41, 5.74) is 3.83. The van der Waals surface area contributed by atoms with Gasteiger partial charge in [-0.25, -0.2) is 4.68 Å². The second-order valence-corrected chi connectivity index (χ2v) is 5.40. The fourth-order valence-electron chi connectivity index (χ4n) is 1.69. The molecule has 0 saturated heterocycles. The van der Waals surface area contributed by atoms with Gasteiger partial charge in [-0.2, -0.15) is 0 Å². The summed E-state index contributed by atoms with van der Waals surface area (Å²) in [6, 6.07) is 9.49. The molecular formula is C13H15N5OS2. The fourth-order valence-corrected chi connectivity index (χ4v) is 2.37. The molecule has 0 aliphatic carbocycles. The Kier molecular flexibility index (Phi) is 5.29. The van der Waals surface area contributed by atoms with Gasteiger partial charge in [0, 0.05) is 0 Å². The molecule has 0 aliphatic heterocycles. The molecule has 2 aromatic rings. The maximum atomic E-state index is 11.9. The molecule has 110 valence electrons. The number of carbonyl (C=O) groups excluding carboxylic acids is 1. The maximum Gasteiger partial charge on any atom is 0.230 e. The van der Waals surface area contributed by atoms with Gasteiger partial charge in [-0.1, -0.05) is 42.1 Å². The largest absolute Gasteiger partial charge is 0.302 e. The third-order valence-electron chi connectivity index (χ3n) is 2.65. The van der Waals surface area contributed by atoms with Crippen LogP contribution in [0.1, 0.15) is 11.4 Å². The minimum atomic E-state index is -0.171. The van der Waals surface area contributed by atoms with Crippen molar-refractivity contribution in [1.82, 2.24) is 20.2 Å². The molecule has 0 spiro atoms. The first-order valence-corrected chi connectivity index (χ1v) is 7.84. The van der Waals surface area contributed by atoms with Gasteiger partial charge in [-0.05, 0) is 31.0 Å². The highest BCUT2D eigenvalue weighted by Gasteiger charge is 2.11. The van der Waals surface area contributed by atoms with Crippen LogP contribution in [0.25, 0.3) is 0 Å². The lowest BCUT2D eigenvalue weighted by molar-refractivity contribution is -0.119. The average Bonchev–Trinajstić information content (AvgIpc) is 2.80. The standard InChI is InChI=1S/C13H15N5OS2/c1-9-15-16-13(21-2)18(9)17-12(20)14-11(19)8-10-6-4-3-5-7-10/h3-7H,8H2,1-2H3,(H2,14,17,19,20). The van der Waals surface area contributed by atoms with Crippen LogP contribution >= 0.6 is 24.0 Å². The highest BCUT2D eigenvalue weighted by atomic mass is 32.2. The predicted molar refractivity (Wildman–Crippen MR) is 86.8 cm³/mol. The smallest absolute Gasteiger partial charge is 0.230 e. The lowest BCUT2D eigenvalue weighted by Crippen LogP contribution is -2.39. The van der Waals surface area contributed by atoms with Crippen molar-refractivity contribution in [2.75, 3.05) is 11.7 Å². The van der Waals surface area contributed by atoms with Gasteiger partial charge in [-0.3, -0.25) is 10.2 Å². The maximum absolute atomic E-state index is 11.9. The first-order chi connectivity index (χ1) is 10.1. The van der Waals surface area contributed by atoms with E-state index in [1.165, 1.54) is 11.8 Å². The molecule has 0 aliphatic rings. The van der Waals surface area contributed by atoms with Crippen molar-refractivity contribution in [1.29, 1.82) is 0 Å². The van der Waals surface area contributed by atoms with Crippen molar-refractivity contribution >= 4 is 35.0 Å². The second kappa shape index (κ2) is 7.19. The number of aryl methyl sites for hydroxylation is 1. The van der Waals surface area contributed by atoms with Crippen molar-refractivity contribution in [3.63, 3.8) is 0 Å². The highest BCUT2D eigenvalue weighted by Crippen LogP contribution is 2.10. The van der Waals surface area contributed by atoms with Crippen LogP contribution in [-0.4, -0.2) is 32.1 Å². The zero-order chi connectivity index (χ0) is 15.2. The quantitative estimate of drug-likeness (QED) is 0.657. The van der Waals surface area contributed by atoms with E-state index in [0.717, 1.165) is 5.56 Å². The Hall–Kier alpha value is -1.93. The van der Waals surface area contributed by atoms with E-state index in [0.29, 0.717) is 11.0 Å². The van der Waals surface area contributed by atoms with Crippen LogP contribution in [-0.2, 0) is 11.2 Å². The number of carbonyl (C=O) groups is 1. The van der Waals surface area contributed by atoms with Crippen LogP contribution in [0.3, 0.4) is 0 Å². The SMILES string of the molecule is CSc1nnc(C)n1NC(=S)NC(=O)Cc1ccccc1. The summed E-state index contributed by atoms with van der Waals surface area (Å²) >= 11 is 6.57.